The molecule has 0 saturated heterocycles. The molecule has 80 valence electrons. The third-order valence-electron chi connectivity index (χ3n) is 2.16. The maximum absolute atomic E-state index is 9.70. The molecule has 0 radical (unpaired) electrons. The summed E-state index contributed by atoms with van der Waals surface area (Å²) in [6.45, 7) is 4.57. The minimum Gasteiger partial charge on any atom is -0.507 e. The average molecular weight is 317 g/mol. The monoisotopic (exact) mass is 317 g/mol. The van der Waals surface area contributed by atoms with E-state index in [0.717, 1.165) is 3.57 Å². The Hall–Kier alpha value is -0.780. The molecule has 0 saturated carbocycles. The van der Waals surface area contributed by atoms with E-state index in [4.69, 9.17) is 4.74 Å². The number of ether oxygens (including phenoxy) is 1. The van der Waals surface area contributed by atoms with Crippen molar-refractivity contribution in [1.82, 2.24) is 0 Å². The van der Waals surface area contributed by atoms with Crippen LogP contribution in [0.4, 0.5) is 0 Å². The first-order chi connectivity index (χ1) is 6.98. The van der Waals surface area contributed by atoms with E-state index in [1.165, 1.54) is 0 Å². The molecule has 2 rings (SSSR count). The van der Waals surface area contributed by atoms with Gasteiger partial charge in [-0.15, -0.1) is 0 Å². The van der Waals surface area contributed by atoms with Crippen LogP contribution in [0.3, 0.4) is 0 Å². The molecule has 1 aromatic rings. The predicted octanol–water partition coefficient (Wildman–Crippen LogP) is 2.55. The van der Waals surface area contributed by atoms with Crippen LogP contribution >= 0.6 is 22.6 Å². The SMILES string of the molecule is CC1(C)COC(c2cc(I)ccc2O)=N1. The molecule has 0 atom stereocenters. The smallest absolute Gasteiger partial charge is 0.220 e. The fourth-order valence-corrected chi connectivity index (χ4v) is 1.89. The van der Waals surface area contributed by atoms with E-state index >= 15 is 0 Å². The number of rotatable bonds is 1. The lowest BCUT2D eigenvalue weighted by Gasteiger charge is -2.07. The van der Waals surface area contributed by atoms with E-state index in [0.29, 0.717) is 18.1 Å². The summed E-state index contributed by atoms with van der Waals surface area (Å²) in [6, 6.07) is 5.38. The summed E-state index contributed by atoms with van der Waals surface area (Å²) >= 11 is 2.20. The zero-order chi connectivity index (χ0) is 11.1. The molecule has 0 amide bonds. The molecule has 1 heterocycles. The molecule has 0 fully saturated rings. The van der Waals surface area contributed by atoms with Gasteiger partial charge in [0.05, 0.1) is 11.1 Å². The van der Waals surface area contributed by atoms with Gasteiger partial charge in [0.25, 0.3) is 0 Å². The first-order valence-corrected chi connectivity index (χ1v) is 5.77. The Morgan fingerprint density at radius 1 is 1.47 bits per heavy atom. The van der Waals surface area contributed by atoms with Gasteiger partial charge in [-0.05, 0) is 54.6 Å². The van der Waals surface area contributed by atoms with Crippen molar-refractivity contribution in [2.24, 2.45) is 4.99 Å². The Morgan fingerprint density at radius 3 is 2.80 bits per heavy atom. The molecule has 3 nitrogen and oxygen atoms in total. The number of nitrogens with zero attached hydrogens (tertiary/aromatic N) is 1. The Bertz CT molecular complexity index is 427. The van der Waals surface area contributed by atoms with E-state index in [1.807, 2.05) is 26.0 Å². The van der Waals surface area contributed by atoms with Crippen LogP contribution in [0.1, 0.15) is 19.4 Å². The number of benzene rings is 1. The summed E-state index contributed by atoms with van der Waals surface area (Å²) in [5.41, 5.74) is 0.482. The summed E-state index contributed by atoms with van der Waals surface area (Å²) in [4.78, 5) is 4.42. The summed E-state index contributed by atoms with van der Waals surface area (Å²) in [5, 5.41) is 9.70. The molecule has 0 spiro atoms. The van der Waals surface area contributed by atoms with Crippen LogP contribution in [-0.4, -0.2) is 23.2 Å². The molecule has 1 aromatic carbocycles. The minimum atomic E-state index is -0.191. The number of hydrogen-bond donors (Lipinski definition) is 1. The molecule has 0 unspecified atom stereocenters. The van der Waals surface area contributed by atoms with Gasteiger partial charge in [0.15, 0.2) is 0 Å². The van der Waals surface area contributed by atoms with Crippen LogP contribution in [0, 0.1) is 3.57 Å². The lowest BCUT2D eigenvalue weighted by Crippen LogP contribution is -2.17. The fraction of sp³-hybridized carbons (Fsp3) is 0.364. The predicted molar refractivity (Wildman–Crippen MR) is 67.4 cm³/mol. The lowest BCUT2D eigenvalue weighted by molar-refractivity contribution is 0.279. The molecule has 1 N–H and O–H groups in total. The number of aromatic hydroxyl groups is 1. The largest absolute Gasteiger partial charge is 0.507 e. The van der Waals surface area contributed by atoms with Crippen molar-refractivity contribution in [2.45, 2.75) is 19.4 Å². The number of phenolic OH excluding ortho intramolecular Hbond substituents is 1. The van der Waals surface area contributed by atoms with Gasteiger partial charge in [-0.25, -0.2) is 4.99 Å². The highest BCUT2D eigenvalue weighted by Gasteiger charge is 2.28. The summed E-state index contributed by atoms with van der Waals surface area (Å²) in [6.07, 6.45) is 0. The van der Waals surface area contributed by atoms with Gasteiger partial charge in [0.2, 0.25) is 5.90 Å². The molecule has 1 aliphatic heterocycles. The third kappa shape index (κ3) is 2.25. The molecular formula is C11H12INO2. The standard InChI is InChI=1S/C11H12INO2/c1-11(2)6-15-10(13-11)8-5-7(12)3-4-9(8)14/h3-5,14H,6H2,1-2H3. The van der Waals surface area contributed by atoms with Gasteiger partial charge in [-0.3, -0.25) is 0 Å². The normalized spacial score (nSPS) is 18.5. The van der Waals surface area contributed by atoms with E-state index in [2.05, 4.69) is 27.6 Å². The van der Waals surface area contributed by atoms with Crippen LogP contribution in [0.25, 0.3) is 0 Å². The minimum absolute atomic E-state index is 0.191. The van der Waals surface area contributed by atoms with Gasteiger partial charge >= 0.3 is 0 Å². The number of hydrogen-bond acceptors (Lipinski definition) is 3. The highest BCUT2D eigenvalue weighted by Crippen LogP contribution is 2.26. The first kappa shape index (κ1) is 10.7. The molecule has 0 bridgehead atoms. The Labute approximate surface area is 102 Å². The van der Waals surface area contributed by atoms with Crippen molar-refractivity contribution in [3.8, 4) is 5.75 Å². The second kappa shape index (κ2) is 3.66. The Kier molecular flexibility index (Phi) is 2.62. The first-order valence-electron chi connectivity index (χ1n) is 4.69. The number of phenols is 1. The quantitative estimate of drug-likeness (QED) is 0.809. The van der Waals surface area contributed by atoms with Crippen molar-refractivity contribution >= 4 is 28.5 Å². The van der Waals surface area contributed by atoms with E-state index in [9.17, 15) is 5.11 Å². The maximum atomic E-state index is 9.70. The molecule has 4 heteroatoms. The third-order valence-corrected chi connectivity index (χ3v) is 2.83. The highest BCUT2D eigenvalue weighted by molar-refractivity contribution is 14.1. The highest BCUT2D eigenvalue weighted by atomic mass is 127. The van der Waals surface area contributed by atoms with E-state index in [-0.39, 0.29) is 11.3 Å². The zero-order valence-electron chi connectivity index (χ0n) is 8.62. The summed E-state index contributed by atoms with van der Waals surface area (Å²) in [7, 11) is 0. The van der Waals surface area contributed by atoms with Crippen molar-refractivity contribution in [3.05, 3.63) is 27.3 Å². The van der Waals surface area contributed by atoms with Crippen LogP contribution in [0.15, 0.2) is 23.2 Å². The summed E-state index contributed by atoms with van der Waals surface area (Å²) < 4.78 is 6.53. The van der Waals surface area contributed by atoms with Gasteiger partial charge < -0.3 is 9.84 Å². The number of halogens is 1. The van der Waals surface area contributed by atoms with E-state index < -0.39 is 0 Å². The number of aliphatic imine (C=N–C) groups is 1. The summed E-state index contributed by atoms with van der Waals surface area (Å²) in [5.74, 6) is 0.753. The van der Waals surface area contributed by atoms with Crippen LogP contribution in [-0.2, 0) is 4.74 Å². The second-order valence-corrected chi connectivity index (χ2v) is 5.43. The van der Waals surface area contributed by atoms with Crippen LogP contribution in [0.2, 0.25) is 0 Å². The average Bonchev–Trinajstić information content (AvgIpc) is 2.50. The van der Waals surface area contributed by atoms with Crippen molar-refractivity contribution < 1.29 is 9.84 Å². The van der Waals surface area contributed by atoms with Gasteiger partial charge in [0, 0.05) is 3.57 Å². The van der Waals surface area contributed by atoms with Crippen molar-refractivity contribution in [1.29, 1.82) is 0 Å². The van der Waals surface area contributed by atoms with Crippen molar-refractivity contribution in [3.63, 3.8) is 0 Å². The topological polar surface area (TPSA) is 41.8 Å². The maximum Gasteiger partial charge on any atom is 0.220 e. The molecule has 0 aliphatic carbocycles. The molecule has 0 aromatic heterocycles. The second-order valence-electron chi connectivity index (χ2n) is 4.18. The van der Waals surface area contributed by atoms with Crippen LogP contribution in [0.5, 0.6) is 5.75 Å². The molecule has 15 heavy (non-hydrogen) atoms. The van der Waals surface area contributed by atoms with Gasteiger partial charge in [0.1, 0.15) is 12.4 Å². The van der Waals surface area contributed by atoms with Crippen LogP contribution < -0.4 is 0 Å². The Balaban J connectivity index is 2.43. The van der Waals surface area contributed by atoms with E-state index in [1.54, 1.807) is 6.07 Å². The lowest BCUT2D eigenvalue weighted by atomic mass is 10.1. The molecular weight excluding hydrogens is 305 g/mol. The molecule has 1 aliphatic rings. The van der Waals surface area contributed by atoms with Crippen molar-refractivity contribution in [2.75, 3.05) is 6.61 Å². The zero-order valence-corrected chi connectivity index (χ0v) is 10.8. The van der Waals surface area contributed by atoms with Gasteiger partial charge in [-0.2, -0.15) is 0 Å². The van der Waals surface area contributed by atoms with Gasteiger partial charge in [-0.1, -0.05) is 0 Å². The fourth-order valence-electron chi connectivity index (χ4n) is 1.40. The Morgan fingerprint density at radius 2 is 2.20 bits per heavy atom.